The van der Waals surface area contributed by atoms with Crippen molar-refractivity contribution >= 4 is 21.2 Å². The lowest BCUT2D eigenvalue weighted by molar-refractivity contribution is -0.292. The van der Waals surface area contributed by atoms with Gasteiger partial charge in [-0.3, -0.25) is 0 Å². The van der Waals surface area contributed by atoms with Gasteiger partial charge in [0.25, 0.3) is 0 Å². The highest BCUT2D eigenvalue weighted by atomic mass is 28.1. The molecule has 0 spiro atoms. The van der Waals surface area contributed by atoms with Gasteiger partial charge < -0.3 is 14.2 Å². The fraction of sp³-hybridized carbons (Fsp3) is 1.00. The normalized spacial score (nSPS) is 11.0. The monoisotopic (exact) mass is 168 g/mol. The van der Waals surface area contributed by atoms with E-state index in [0.717, 1.165) is 0 Å². The molecular formula is C4H16O3Si2. The molecule has 0 aromatic carbocycles. The van der Waals surface area contributed by atoms with Crippen molar-refractivity contribution in [3.8, 4) is 0 Å². The number of hydrogen-bond acceptors (Lipinski definition) is 3. The van der Waals surface area contributed by atoms with Crippen LogP contribution in [0.3, 0.4) is 0 Å². The Balaban J connectivity index is 0. The first-order chi connectivity index (χ1) is 3.68. The summed E-state index contributed by atoms with van der Waals surface area (Å²) in [4.78, 5) is 0. The van der Waals surface area contributed by atoms with Gasteiger partial charge in [0, 0.05) is 21.3 Å². The number of hydrogen-bond donors (Lipinski definition) is 0. The lowest BCUT2D eigenvalue weighted by atomic mass is 11.1. The maximum absolute atomic E-state index is 4.85. The Morgan fingerprint density at radius 3 is 1.22 bits per heavy atom. The molecule has 9 heavy (non-hydrogen) atoms. The first-order valence-corrected chi connectivity index (χ1v) is 3.34. The molecule has 5 heteroatoms. The lowest BCUT2D eigenvalue weighted by Crippen LogP contribution is -2.36. The van der Waals surface area contributed by atoms with Crippen LogP contribution in [0.5, 0.6) is 0 Å². The average Bonchev–Trinajstić information content (AvgIpc) is 1.87. The molecular weight excluding hydrogens is 152 g/mol. The van der Waals surface area contributed by atoms with Crippen molar-refractivity contribution in [2.24, 2.45) is 0 Å². The smallest absolute Gasteiger partial charge is 0.244 e. The first kappa shape index (κ1) is 12.0. The van der Waals surface area contributed by atoms with Crippen molar-refractivity contribution in [3.63, 3.8) is 0 Å². The van der Waals surface area contributed by atoms with E-state index in [2.05, 4.69) is 0 Å². The average molecular weight is 168 g/mol. The minimum atomic E-state index is -0.736. The molecule has 0 atom stereocenters. The molecule has 0 aromatic rings. The highest BCUT2D eigenvalue weighted by Crippen LogP contribution is 2.03. The quantitative estimate of drug-likeness (QED) is 0.343. The Kier molecular flexibility index (Phi) is 6.86. The van der Waals surface area contributed by atoms with Gasteiger partial charge in [0.1, 0.15) is 10.2 Å². The molecule has 0 aliphatic rings. The predicted octanol–water partition coefficient (Wildman–Crippen LogP) is -2.55. The van der Waals surface area contributed by atoms with Gasteiger partial charge in [0.05, 0.1) is 0 Å². The molecule has 0 heterocycles. The molecule has 0 fully saturated rings. The summed E-state index contributed by atoms with van der Waals surface area (Å²) in [5.74, 6) is 0. The van der Waals surface area contributed by atoms with E-state index in [9.17, 15) is 0 Å². The van der Waals surface area contributed by atoms with E-state index in [4.69, 9.17) is 14.2 Å². The third-order valence-corrected chi connectivity index (χ3v) is 2.34. The van der Waals surface area contributed by atoms with Crippen LogP contribution in [-0.2, 0) is 14.2 Å². The molecule has 0 aliphatic heterocycles. The molecule has 0 aromatic heterocycles. The molecule has 0 unspecified atom stereocenters. The summed E-state index contributed by atoms with van der Waals surface area (Å²) in [6.45, 7) is 0. The molecule has 0 bridgehead atoms. The van der Waals surface area contributed by atoms with Gasteiger partial charge in [-0.15, -0.1) is 0 Å². The summed E-state index contributed by atoms with van der Waals surface area (Å²) in [6.07, 6.45) is 0. The minimum absolute atomic E-state index is 0. The minimum Gasteiger partial charge on any atom is -0.336 e. The van der Waals surface area contributed by atoms with Gasteiger partial charge in [0.15, 0.2) is 0 Å². The van der Waals surface area contributed by atoms with Crippen LogP contribution in [0.1, 0.15) is 0 Å². The number of ether oxygens (including phenoxy) is 3. The van der Waals surface area contributed by atoms with Crippen LogP contribution >= 0.6 is 0 Å². The van der Waals surface area contributed by atoms with Crippen LogP contribution in [0.4, 0.5) is 0 Å². The highest BCUT2D eigenvalue weighted by molar-refractivity contribution is 6.12. The maximum Gasteiger partial charge on any atom is 0.244 e. The van der Waals surface area contributed by atoms with Crippen LogP contribution < -0.4 is 0 Å². The molecule has 0 saturated heterocycles. The Hall–Kier alpha value is 0.314. The summed E-state index contributed by atoms with van der Waals surface area (Å²) < 4.78 is 14.6. The van der Waals surface area contributed by atoms with E-state index in [-0.39, 0.29) is 11.0 Å². The first-order valence-electron chi connectivity index (χ1n) is 2.34. The highest BCUT2D eigenvalue weighted by Gasteiger charge is 2.19. The van der Waals surface area contributed by atoms with Gasteiger partial charge >= 0.3 is 0 Å². The molecule has 0 aliphatic carbocycles. The van der Waals surface area contributed by atoms with E-state index in [1.54, 1.807) is 21.3 Å². The Morgan fingerprint density at radius 1 is 1.00 bits per heavy atom. The standard InChI is InChI=1S/C4H12O3Si.H4Si/c1-5-4(8,6-2)7-3;/h1-3,8H3;1H4. The van der Waals surface area contributed by atoms with Crippen molar-refractivity contribution in [3.05, 3.63) is 0 Å². The topological polar surface area (TPSA) is 27.7 Å². The van der Waals surface area contributed by atoms with Gasteiger partial charge in [0.2, 0.25) is 5.60 Å². The van der Waals surface area contributed by atoms with Gasteiger partial charge in [-0.25, -0.2) is 0 Å². The Morgan fingerprint density at radius 2 is 1.22 bits per heavy atom. The van der Waals surface area contributed by atoms with E-state index in [1.807, 2.05) is 0 Å². The summed E-state index contributed by atoms with van der Waals surface area (Å²) in [5, 5.41) is 0. The molecule has 0 rings (SSSR count). The van der Waals surface area contributed by atoms with Crippen LogP contribution in [0, 0.1) is 0 Å². The summed E-state index contributed by atoms with van der Waals surface area (Å²) in [7, 11) is 5.37. The summed E-state index contributed by atoms with van der Waals surface area (Å²) >= 11 is 0. The van der Waals surface area contributed by atoms with Crippen molar-refractivity contribution in [2.45, 2.75) is 5.60 Å². The van der Waals surface area contributed by atoms with E-state index < -0.39 is 5.60 Å². The van der Waals surface area contributed by atoms with Gasteiger partial charge in [-0.05, 0) is 11.0 Å². The zero-order valence-electron chi connectivity index (χ0n) is 5.72. The second-order valence-corrected chi connectivity index (χ2v) is 2.70. The fourth-order valence-electron chi connectivity index (χ4n) is 0.250. The fourth-order valence-corrected chi connectivity index (χ4v) is 0.250. The molecule has 3 nitrogen and oxygen atoms in total. The lowest BCUT2D eigenvalue weighted by Gasteiger charge is -2.23. The second kappa shape index (κ2) is 5.13. The van der Waals surface area contributed by atoms with Crippen molar-refractivity contribution in [2.75, 3.05) is 21.3 Å². The second-order valence-electron chi connectivity index (χ2n) is 1.47. The van der Waals surface area contributed by atoms with Crippen LogP contribution in [0.2, 0.25) is 0 Å². The van der Waals surface area contributed by atoms with Gasteiger partial charge in [-0.1, -0.05) is 0 Å². The summed E-state index contributed by atoms with van der Waals surface area (Å²) in [5.41, 5.74) is -0.736. The van der Waals surface area contributed by atoms with Crippen LogP contribution in [-0.4, -0.2) is 48.1 Å². The summed E-state index contributed by atoms with van der Waals surface area (Å²) in [6, 6.07) is 0. The van der Waals surface area contributed by atoms with E-state index >= 15 is 0 Å². The largest absolute Gasteiger partial charge is 0.336 e. The van der Waals surface area contributed by atoms with Crippen LogP contribution in [0.15, 0.2) is 0 Å². The van der Waals surface area contributed by atoms with Crippen molar-refractivity contribution in [1.82, 2.24) is 0 Å². The number of methoxy groups -OCH3 is 3. The van der Waals surface area contributed by atoms with E-state index in [0.29, 0.717) is 10.2 Å². The van der Waals surface area contributed by atoms with Crippen molar-refractivity contribution < 1.29 is 14.2 Å². The number of rotatable bonds is 3. The SMILES string of the molecule is COC([SiH3])(OC)OC.[SiH4]. The Bertz CT molecular complexity index is 56.6. The zero-order chi connectivity index (χ0) is 6.62. The van der Waals surface area contributed by atoms with Crippen LogP contribution in [0.25, 0.3) is 0 Å². The molecule has 58 valence electrons. The third kappa shape index (κ3) is 3.82. The zero-order valence-corrected chi connectivity index (χ0v) is 7.72. The molecule has 0 radical (unpaired) electrons. The molecule has 0 N–H and O–H groups in total. The Labute approximate surface area is 63.1 Å². The predicted molar refractivity (Wildman–Crippen MR) is 45.0 cm³/mol. The molecule has 0 amide bonds. The third-order valence-electron chi connectivity index (χ3n) is 1.11. The van der Waals surface area contributed by atoms with Crippen molar-refractivity contribution in [1.29, 1.82) is 0 Å². The van der Waals surface area contributed by atoms with E-state index in [1.165, 1.54) is 0 Å². The molecule has 0 saturated carbocycles. The maximum atomic E-state index is 4.85. The van der Waals surface area contributed by atoms with Gasteiger partial charge in [-0.2, -0.15) is 0 Å².